The van der Waals surface area contributed by atoms with E-state index in [-0.39, 0.29) is 23.4 Å². The molecule has 5 nitrogen and oxygen atoms in total. The van der Waals surface area contributed by atoms with E-state index in [9.17, 15) is 13.2 Å². The second kappa shape index (κ2) is 9.35. The van der Waals surface area contributed by atoms with Crippen molar-refractivity contribution in [2.45, 2.75) is 38.6 Å². The first-order valence-corrected chi connectivity index (χ1v) is 11.6. The summed E-state index contributed by atoms with van der Waals surface area (Å²) in [4.78, 5) is 13.1. The molecule has 0 bridgehead atoms. The number of amides is 1. The van der Waals surface area contributed by atoms with E-state index in [0.717, 1.165) is 22.3 Å². The number of rotatable bonds is 7. The summed E-state index contributed by atoms with van der Waals surface area (Å²) in [5, 5.41) is 2.96. The van der Waals surface area contributed by atoms with Crippen LogP contribution in [0.4, 0.5) is 5.69 Å². The second-order valence-corrected chi connectivity index (χ2v) is 9.68. The van der Waals surface area contributed by atoms with E-state index in [1.54, 1.807) is 36.4 Å². The van der Waals surface area contributed by atoms with Crippen LogP contribution in [0.25, 0.3) is 0 Å². The Morgan fingerprint density at radius 1 is 0.903 bits per heavy atom. The average Bonchev–Trinajstić information content (AvgIpc) is 2.74. The summed E-state index contributed by atoms with van der Waals surface area (Å²) in [5.41, 5.74) is 4.57. The zero-order valence-electron chi connectivity index (χ0n) is 18.3. The molecule has 0 radical (unpaired) electrons. The van der Waals surface area contributed by atoms with Gasteiger partial charge in [-0.3, -0.25) is 9.10 Å². The third-order valence-corrected chi connectivity index (χ3v) is 6.97. The monoisotopic (exact) mass is 436 g/mol. The number of anilines is 1. The van der Waals surface area contributed by atoms with Gasteiger partial charge < -0.3 is 5.32 Å². The molecular weight excluding hydrogens is 408 g/mol. The standard InChI is InChI=1S/C25H28N2O3S/c1-18-9-8-10-22(15-18)27(31(29,30)23-11-6-5-7-12-23)17-25(28)26-21(4)24-16-19(2)13-14-20(24)3/h5-16,21H,17H2,1-4H3,(H,26,28). The second-order valence-electron chi connectivity index (χ2n) is 7.81. The lowest BCUT2D eigenvalue weighted by atomic mass is 10.00. The van der Waals surface area contributed by atoms with E-state index in [0.29, 0.717) is 5.69 Å². The molecule has 3 rings (SSSR count). The highest BCUT2D eigenvalue weighted by atomic mass is 32.2. The normalized spacial score (nSPS) is 12.3. The summed E-state index contributed by atoms with van der Waals surface area (Å²) in [6, 6.07) is 21.2. The minimum absolute atomic E-state index is 0.145. The van der Waals surface area contributed by atoms with Crippen molar-refractivity contribution in [3.63, 3.8) is 0 Å². The first-order chi connectivity index (χ1) is 14.7. The summed E-state index contributed by atoms with van der Waals surface area (Å²) >= 11 is 0. The summed E-state index contributed by atoms with van der Waals surface area (Å²) in [5.74, 6) is -0.366. The maximum absolute atomic E-state index is 13.4. The lowest BCUT2D eigenvalue weighted by molar-refractivity contribution is -0.120. The Bertz CT molecular complexity index is 1170. The number of aryl methyl sites for hydroxylation is 3. The molecule has 0 saturated heterocycles. The van der Waals surface area contributed by atoms with E-state index in [1.165, 1.54) is 16.4 Å². The van der Waals surface area contributed by atoms with Crippen molar-refractivity contribution in [2.24, 2.45) is 0 Å². The molecule has 3 aromatic rings. The number of carbonyl (C=O) groups is 1. The molecule has 1 N–H and O–H groups in total. The highest BCUT2D eigenvalue weighted by molar-refractivity contribution is 7.92. The van der Waals surface area contributed by atoms with Gasteiger partial charge in [0.15, 0.2) is 0 Å². The van der Waals surface area contributed by atoms with E-state index >= 15 is 0 Å². The van der Waals surface area contributed by atoms with Crippen LogP contribution in [0, 0.1) is 20.8 Å². The first-order valence-electron chi connectivity index (χ1n) is 10.2. The van der Waals surface area contributed by atoms with E-state index in [2.05, 4.69) is 5.32 Å². The van der Waals surface area contributed by atoms with Gasteiger partial charge in [-0.15, -0.1) is 0 Å². The topological polar surface area (TPSA) is 66.5 Å². The van der Waals surface area contributed by atoms with Crippen LogP contribution in [0.1, 0.15) is 35.2 Å². The maximum Gasteiger partial charge on any atom is 0.264 e. The Labute approximate surface area is 184 Å². The lowest BCUT2D eigenvalue weighted by Crippen LogP contribution is -2.41. The molecule has 0 heterocycles. The Hall–Kier alpha value is -3.12. The van der Waals surface area contributed by atoms with Crippen molar-refractivity contribution in [3.05, 3.63) is 95.1 Å². The molecule has 3 aromatic carbocycles. The van der Waals surface area contributed by atoms with E-state index in [1.807, 2.05) is 52.0 Å². The van der Waals surface area contributed by atoms with Gasteiger partial charge in [-0.1, -0.05) is 54.1 Å². The molecular formula is C25H28N2O3S. The highest BCUT2D eigenvalue weighted by Crippen LogP contribution is 2.25. The summed E-state index contributed by atoms with van der Waals surface area (Å²) < 4.78 is 27.9. The molecule has 1 atom stereocenters. The number of nitrogens with one attached hydrogen (secondary N) is 1. The van der Waals surface area contributed by atoms with Crippen molar-refractivity contribution in [1.29, 1.82) is 0 Å². The van der Waals surface area contributed by atoms with Gasteiger partial charge >= 0.3 is 0 Å². The third-order valence-electron chi connectivity index (χ3n) is 5.19. The van der Waals surface area contributed by atoms with Crippen molar-refractivity contribution in [2.75, 3.05) is 10.8 Å². The molecule has 0 fully saturated rings. The maximum atomic E-state index is 13.4. The summed E-state index contributed by atoms with van der Waals surface area (Å²) in [7, 11) is -3.91. The number of benzene rings is 3. The molecule has 0 saturated carbocycles. The zero-order chi connectivity index (χ0) is 22.6. The van der Waals surface area contributed by atoms with Gasteiger partial charge in [0.25, 0.3) is 10.0 Å². The molecule has 0 spiro atoms. The number of sulfonamides is 1. The third kappa shape index (κ3) is 5.33. The minimum Gasteiger partial charge on any atom is -0.348 e. The lowest BCUT2D eigenvalue weighted by Gasteiger charge is -2.25. The van der Waals surface area contributed by atoms with Crippen molar-refractivity contribution >= 4 is 21.6 Å². The van der Waals surface area contributed by atoms with Gasteiger partial charge in [-0.05, 0) is 68.7 Å². The van der Waals surface area contributed by atoms with Crippen molar-refractivity contribution in [3.8, 4) is 0 Å². The molecule has 0 aliphatic heterocycles. The Balaban J connectivity index is 1.90. The molecule has 6 heteroatoms. The van der Waals surface area contributed by atoms with E-state index < -0.39 is 10.0 Å². The molecule has 1 unspecified atom stereocenters. The largest absolute Gasteiger partial charge is 0.348 e. The molecule has 31 heavy (non-hydrogen) atoms. The van der Waals surface area contributed by atoms with Crippen LogP contribution in [-0.2, 0) is 14.8 Å². The van der Waals surface area contributed by atoms with Crippen LogP contribution in [0.5, 0.6) is 0 Å². The fraction of sp³-hybridized carbons (Fsp3) is 0.240. The van der Waals surface area contributed by atoms with Crippen LogP contribution < -0.4 is 9.62 Å². The van der Waals surface area contributed by atoms with Gasteiger partial charge in [-0.2, -0.15) is 0 Å². The fourth-order valence-corrected chi connectivity index (χ4v) is 4.97. The fourth-order valence-electron chi connectivity index (χ4n) is 3.54. The number of hydrogen-bond donors (Lipinski definition) is 1. The predicted molar refractivity (Wildman–Crippen MR) is 125 cm³/mol. The Morgan fingerprint density at radius 2 is 1.58 bits per heavy atom. The minimum atomic E-state index is -3.91. The zero-order valence-corrected chi connectivity index (χ0v) is 19.1. The summed E-state index contributed by atoms with van der Waals surface area (Å²) in [6.07, 6.45) is 0. The predicted octanol–water partition coefficient (Wildman–Crippen LogP) is 4.68. The van der Waals surface area contributed by atoms with Crippen molar-refractivity contribution in [1.82, 2.24) is 5.32 Å². The van der Waals surface area contributed by atoms with Gasteiger partial charge in [-0.25, -0.2) is 8.42 Å². The number of carbonyl (C=O) groups excluding carboxylic acids is 1. The number of hydrogen-bond acceptors (Lipinski definition) is 3. The SMILES string of the molecule is Cc1cccc(N(CC(=O)NC(C)c2cc(C)ccc2C)S(=O)(=O)c2ccccc2)c1. The molecule has 0 aliphatic carbocycles. The van der Waals surface area contributed by atoms with Crippen LogP contribution in [0.15, 0.2) is 77.7 Å². The van der Waals surface area contributed by atoms with Crippen LogP contribution >= 0.6 is 0 Å². The van der Waals surface area contributed by atoms with Crippen LogP contribution in [0.3, 0.4) is 0 Å². The number of nitrogens with zero attached hydrogens (tertiary/aromatic N) is 1. The molecule has 162 valence electrons. The molecule has 0 aromatic heterocycles. The van der Waals surface area contributed by atoms with Crippen molar-refractivity contribution < 1.29 is 13.2 Å². The quantitative estimate of drug-likeness (QED) is 0.585. The van der Waals surface area contributed by atoms with Crippen LogP contribution in [-0.4, -0.2) is 20.9 Å². The van der Waals surface area contributed by atoms with Gasteiger partial charge in [0, 0.05) is 0 Å². The smallest absolute Gasteiger partial charge is 0.264 e. The van der Waals surface area contributed by atoms with E-state index in [4.69, 9.17) is 0 Å². The average molecular weight is 437 g/mol. The Kier molecular flexibility index (Phi) is 6.81. The highest BCUT2D eigenvalue weighted by Gasteiger charge is 2.27. The first kappa shape index (κ1) is 22.6. The summed E-state index contributed by atoms with van der Waals surface area (Å²) in [6.45, 7) is 7.48. The van der Waals surface area contributed by atoms with Crippen LogP contribution in [0.2, 0.25) is 0 Å². The van der Waals surface area contributed by atoms with Gasteiger partial charge in [0.1, 0.15) is 6.54 Å². The molecule has 1 amide bonds. The van der Waals surface area contributed by atoms with Gasteiger partial charge in [0.2, 0.25) is 5.91 Å². The Morgan fingerprint density at radius 3 is 2.26 bits per heavy atom. The van der Waals surface area contributed by atoms with Gasteiger partial charge in [0.05, 0.1) is 16.6 Å². The molecule has 0 aliphatic rings.